The molecule has 0 fully saturated rings. The highest BCUT2D eigenvalue weighted by molar-refractivity contribution is 7.11. The number of aromatic nitrogens is 1. The van der Waals surface area contributed by atoms with Gasteiger partial charge in [-0.25, -0.2) is 4.98 Å². The molecule has 3 nitrogen and oxygen atoms in total. The maximum absolute atomic E-state index is 5.75. The van der Waals surface area contributed by atoms with Crippen molar-refractivity contribution in [2.45, 2.75) is 32.7 Å². The van der Waals surface area contributed by atoms with Gasteiger partial charge in [0.25, 0.3) is 0 Å². The van der Waals surface area contributed by atoms with Gasteiger partial charge in [0.05, 0.1) is 6.54 Å². The molecule has 0 aliphatic heterocycles. The molecule has 2 rings (SSSR count). The summed E-state index contributed by atoms with van der Waals surface area (Å²) < 4.78 is 0. The van der Waals surface area contributed by atoms with E-state index in [0.717, 1.165) is 26.1 Å². The average Bonchev–Trinajstić information content (AvgIpc) is 2.95. The molecule has 0 atom stereocenters. The molecule has 2 aromatic rings. The van der Waals surface area contributed by atoms with Gasteiger partial charge in [0, 0.05) is 30.7 Å². The van der Waals surface area contributed by atoms with E-state index in [4.69, 9.17) is 5.73 Å². The van der Waals surface area contributed by atoms with Crippen LogP contribution in [0, 0.1) is 0 Å². The standard InChI is InChI=1S/C17H25N3S.ClH/c1-14(2)16-12-19-17(21-16)13-20(11-9-18)10-8-15-6-4-3-5-7-15;/h3-7,12,14H,8-11,13,18H2,1-2H3;1H. The quantitative estimate of drug-likeness (QED) is 0.797. The van der Waals surface area contributed by atoms with Crippen LogP contribution in [0.2, 0.25) is 0 Å². The lowest BCUT2D eigenvalue weighted by Crippen LogP contribution is -2.31. The molecule has 0 amide bonds. The van der Waals surface area contributed by atoms with E-state index in [1.807, 2.05) is 17.5 Å². The lowest BCUT2D eigenvalue weighted by atomic mass is 10.1. The molecule has 5 heteroatoms. The fourth-order valence-electron chi connectivity index (χ4n) is 2.24. The van der Waals surface area contributed by atoms with Crippen molar-refractivity contribution in [3.63, 3.8) is 0 Å². The summed E-state index contributed by atoms with van der Waals surface area (Å²) in [6.07, 6.45) is 3.08. The molecule has 0 unspecified atom stereocenters. The van der Waals surface area contributed by atoms with Crippen molar-refractivity contribution in [3.05, 3.63) is 52.0 Å². The van der Waals surface area contributed by atoms with E-state index < -0.39 is 0 Å². The molecule has 0 saturated heterocycles. The first kappa shape index (κ1) is 19.1. The van der Waals surface area contributed by atoms with E-state index >= 15 is 0 Å². The lowest BCUT2D eigenvalue weighted by molar-refractivity contribution is 0.276. The second-order valence-corrected chi connectivity index (χ2v) is 6.76. The highest BCUT2D eigenvalue weighted by Gasteiger charge is 2.10. The van der Waals surface area contributed by atoms with Crippen molar-refractivity contribution in [1.82, 2.24) is 9.88 Å². The number of nitrogens with zero attached hydrogens (tertiary/aromatic N) is 2. The van der Waals surface area contributed by atoms with Gasteiger partial charge >= 0.3 is 0 Å². The van der Waals surface area contributed by atoms with E-state index in [9.17, 15) is 0 Å². The average molecular weight is 340 g/mol. The van der Waals surface area contributed by atoms with E-state index in [1.54, 1.807) is 0 Å². The van der Waals surface area contributed by atoms with Gasteiger partial charge in [0.2, 0.25) is 0 Å². The van der Waals surface area contributed by atoms with Gasteiger partial charge in [-0.05, 0) is 17.9 Å². The summed E-state index contributed by atoms with van der Waals surface area (Å²) in [5, 5.41) is 1.19. The zero-order valence-corrected chi connectivity index (χ0v) is 15.0. The molecule has 0 spiro atoms. The van der Waals surface area contributed by atoms with Crippen LogP contribution in [0.5, 0.6) is 0 Å². The largest absolute Gasteiger partial charge is 0.329 e. The van der Waals surface area contributed by atoms with Crippen molar-refractivity contribution < 1.29 is 0 Å². The topological polar surface area (TPSA) is 42.2 Å². The van der Waals surface area contributed by atoms with Gasteiger partial charge in [0.1, 0.15) is 5.01 Å². The molecular weight excluding hydrogens is 314 g/mol. The Labute approximate surface area is 144 Å². The van der Waals surface area contributed by atoms with Crippen LogP contribution in [0.1, 0.15) is 35.2 Å². The monoisotopic (exact) mass is 339 g/mol. The first-order valence-electron chi connectivity index (χ1n) is 7.60. The molecule has 1 heterocycles. The van der Waals surface area contributed by atoms with Crippen LogP contribution < -0.4 is 5.73 Å². The number of benzene rings is 1. The van der Waals surface area contributed by atoms with Gasteiger partial charge in [0.15, 0.2) is 0 Å². The maximum Gasteiger partial charge on any atom is 0.107 e. The highest BCUT2D eigenvalue weighted by Crippen LogP contribution is 2.22. The Bertz CT molecular complexity index is 528. The summed E-state index contributed by atoms with van der Waals surface area (Å²) in [4.78, 5) is 8.31. The van der Waals surface area contributed by atoms with Crippen LogP contribution >= 0.6 is 23.7 Å². The van der Waals surface area contributed by atoms with Gasteiger partial charge in [-0.15, -0.1) is 23.7 Å². The molecule has 2 N–H and O–H groups in total. The second-order valence-electron chi connectivity index (χ2n) is 5.61. The summed E-state index contributed by atoms with van der Waals surface area (Å²) >= 11 is 1.82. The van der Waals surface area contributed by atoms with Crippen molar-refractivity contribution >= 4 is 23.7 Å². The smallest absolute Gasteiger partial charge is 0.107 e. The summed E-state index contributed by atoms with van der Waals surface area (Å²) in [7, 11) is 0. The highest BCUT2D eigenvalue weighted by atomic mass is 35.5. The Morgan fingerprint density at radius 1 is 1.18 bits per heavy atom. The van der Waals surface area contributed by atoms with Gasteiger partial charge in [-0.1, -0.05) is 44.2 Å². The van der Waals surface area contributed by atoms with E-state index in [2.05, 4.69) is 54.1 Å². The van der Waals surface area contributed by atoms with Crippen molar-refractivity contribution in [2.75, 3.05) is 19.6 Å². The zero-order chi connectivity index (χ0) is 15.1. The minimum Gasteiger partial charge on any atom is -0.329 e. The zero-order valence-electron chi connectivity index (χ0n) is 13.4. The number of halogens is 1. The molecule has 0 aliphatic rings. The Hall–Kier alpha value is -0.940. The molecule has 22 heavy (non-hydrogen) atoms. The summed E-state index contributed by atoms with van der Waals surface area (Å²) in [5.74, 6) is 0.559. The minimum atomic E-state index is 0. The van der Waals surface area contributed by atoms with E-state index in [1.165, 1.54) is 15.4 Å². The first-order valence-corrected chi connectivity index (χ1v) is 8.41. The Morgan fingerprint density at radius 2 is 1.91 bits per heavy atom. The van der Waals surface area contributed by atoms with Gasteiger partial charge < -0.3 is 5.73 Å². The van der Waals surface area contributed by atoms with Crippen LogP contribution in [0.3, 0.4) is 0 Å². The molecule has 0 radical (unpaired) electrons. The molecule has 1 aromatic heterocycles. The Morgan fingerprint density at radius 3 is 2.50 bits per heavy atom. The number of hydrogen-bond donors (Lipinski definition) is 1. The summed E-state index contributed by atoms with van der Waals surface area (Å²) in [5.41, 5.74) is 7.12. The fourth-order valence-corrected chi connectivity index (χ4v) is 3.21. The van der Waals surface area contributed by atoms with Crippen molar-refractivity contribution in [2.24, 2.45) is 5.73 Å². The molecule has 1 aromatic carbocycles. The number of nitrogens with two attached hydrogens (primary N) is 1. The molecule has 0 aliphatic carbocycles. The maximum atomic E-state index is 5.75. The number of thiazole rings is 1. The second kappa shape index (κ2) is 9.95. The third kappa shape index (κ3) is 6.05. The Balaban J connectivity index is 0.00000242. The summed E-state index contributed by atoms with van der Waals surface area (Å²) in [6, 6.07) is 10.6. The molecular formula is C17H26ClN3S. The molecule has 0 saturated carbocycles. The molecule has 0 bridgehead atoms. The van der Waals surface area contributed by atoms with Crippen LogP contribution in [0.4, 0.5) is 0 Å². The van der Waals surface area contributed by atoms with E-state index in [0.29, 0.717) is 12.5 Å². The molecule has 122 valence electrons. The normalized spacial score (nSPS) is 11.0. The van der Waals surface area contributed by atoms with Gasteiger partial charge in [-0.2, -0.15) is 0 Å². The van der Waals surface area contributed by atoms with Crippen LogP contribution in [0.15, 0.2) is 36.5 Å². The minimum absolute atomic E-state index is 0. The third-order valence-electron chi connectivity index (χ3n) is 3.50. The fraction of sp³-hybridized carbons (Fsp3) is 0.471. The van der Waals surface area contributed by atoms with E-state index in [-0.39, 0.29) is 12.4 Å². The Kier molecular flexibility index (Phi) is 8.64. The third-order valence-corrected chi connectivity index (χ3v) is 4.79. The van der Waals surface area contributed by atoms with Gasteiger partial charge in [-0.3, -0.25) is 4.90 Å². The first-order chi connectivity index (χ1) is 10.2. The van der Waals surface area contributed by atoms with Crippen molar-refractivity contribution in [3.8, 4) is 0 Å². The van der Waals surface area contributed by atoms with Crippen LogP contribution in [-0.2, 0) is 13.0 Å². The van der Waals surface area contributed by atoms with Crippen LogP contribution in [-0.4, -0.2) is 29.5 Å². The SMILES string of the molecule is CC(C)c1cnc(CN(CCN)CCc2ccccc2)s1.Cl. The number of hydrogen-bond acceptors (Lipinski definition) is 4. The van der Waals surface area contributed by atoms with Crippen molar-refractivity contribution in [1.29, 1.82) is 0 Å². The lowest BCUT2D eigenvalue weighted by Gasteiger charge is -2.20. The van der Waals surface area contributed by atoms with Crippen LogP contribution in [0.25, 0.3) is 0 Å². The summed E-state index contributed by atoms with van der Waals surface area (Å²) in [6.45, 7) is 7.97. The predicted molar refractivity (Wildman–Crippen MR) is 97.9 cm³/mol. The number of rotatable bonds is 8. The predicted octanol–water partition coefficient (Wildman–Crippen LogP) is 3.69.